The van der Waals surface area contributed by atoms with Crippen LogP contribution in [0.4, 0.5) is 0 Å². The highest BCUT2D eigenvalue weighted by Gasteiger charge is 2.24. The fourth-order valence-electron chi connectivity index (χ4n) is 2.28. The molecule has 0 aliphatic rings. The topological polar surface area (TPSA) is 32.3 Å². The van der Waals surface area contributed by atoms with Crippen molar-refractivity contribution in [2.75, 3.05) is 6.54 Å². The molecule has 1 rings (SSSR count). The van der Waals surface area contributed by atoms with Gasteiger partial charge in [-0.15, -0.1) is 0 Å². The normalized spacial score (nSPS) is 14.9. The van der Waals surface area contributed by atoms with Crippen LogP contribution in [0.5, 0.6) is 0 Å². The minimum absolute atomic E-state index is 0.460. The molecule has 0 aliphatic carbocycles. The number of hydrogen-bond acceptors (Lipinski definition) is 2. The van der Waals surface area contributed by atoms with Crippen LogP contribution in [0, 0.1) is 20.8 Å². The van der Waals surface area contributed by atoms with Crippen molar-refractivity contribution in [3.63, 3.8) is 0 Å². The second-order valence-electron chi connectivity index (χ2n) is 5.88. The van der Waals surface area contributed by atoms with Crippen molar-refractivity contribution >= 4 is 0 Å². The lowest BCUT2D eigenvalue weighted by atomic mass is 9.86. The number of aliphatic hydroxyl groups is 1. The maximum absolute atomic E-state index is 10.7. The second-order valence-corrected chi connectivity index (χ2v) is 5.88. The summed E-state index contributed by atoms with van der Waals surface area (Å²) in [6.07, 6.45) is 0.731. The zero-order valence-electron chi connectivity index (χ0n) is 12.6. The van der Waals surface area contributed by atoms with Crippen LogP contribution < -0.4 is 5.32 Å². The van der Waals surface area contributed by atoms with Gasteiger partial charge in [0.15, 0.2) is 0 Å². The monoisotopic (exact) mass is 249 g/mol. The fourth-order valence-corrected chi connectivity index (χ4v) is 2.28. The van der Waals surface area contributed by atoms with Crippen LogP contribution in [0.25, 0.3) is 0 Å². The summed E-state index contributed by atoms with van der Waals surface area (Å²) >= 11 is 0. The summed E-state index contributed by atoms with van der Waals surface area (Å²) < 4.78 is 0. The van der Waals surface area contributed by atoms with Gasteiger partial charge in [0, 0.05) is 6.04 Å². The molecule has 0 amide bonds. The molecule has 0 saturated carbocycles. The Hall–Kier alpha value is -0.860. The van der Waals surface area contributed by atoms with Gasteiger partial charge in [-0.2, -0.15) is 0 Å². The first-order chi connectivity index (χ1) is 8.24. The smallest absolute Gasteiger partial charge is 0.0883 e. The van der Waals surface area contributed by atoms with E-state index >= 15 is 0 Å². The maximum atomic E-state index is 10.7. The molecule has 0 bridgehead atoms. The highest BCUT2D eigenvalue weighted by molar-refractivity contribution is 5.39. The molecular formula is C16H27NO. The molecule has 2 heteroatoms. The van der Waals surface area contributed by atoms with E-state index in [9.17, 15) is 5.11 Å². The zero-order valence-corrected chi connectivity index (χ0v) is 12.6. The van der Waals surface area contributed by atoms with Gasteiger partial charge in [0.2, 0.25) is 0 Å². The van der Waals surface area contributed by atoms with Gasteiger partial charge < -0.3 is 10.4 Å². The Balaban J connectivity index is 2.87. The summed E-state index contributed by atoms with van der Waals surface area (Å²) in [5, 5.41) is 14.0. The largest absolute Gasteiger partial charge is 0.385 e. The van der Waals surface area contributed by atoms with Gasteiger partial charge in [-0.3, -0.25) is 0 Å². The van der Waals surface area contributed by atoms with Crippen LogP contribution in [0.3, 0.4) is 0 Å². The quantitative estimate of drug-likeness (QED) is 0.840. The first kappa shape index (κ1) is 15.2. The lowest BCUT2D eigenvalue weighted by Crippen LogP contribution is -2.31. The molecule has 1 unspecified atom stereocenters. The Morgan fingerprint density at radius 3 is 2.22 bits per heavy atom. The Bertz CT molecular complexity index is 408. The van der Waals surface area contributed by atoms with Crippen molar-refractivity contribution in [2.24, 2.45) is 0 Å². The third-order valence-electron chi connectivity index (χ3n) is 3.59. The SMILES string of the molecule is Cc1cc(C)c(C(C)(O)CCNC(C)C)cc1C. The van der Waals surface area contributed by atoms with Gasteiger partial charge in [0.25, 0.3) is 0 Å². The van der Waals surface area contributed by atoms with E-state index in [1.54, 1.807) is 0 Å². The molecule has 2 N–H and O–H groups in total. The Morgan fingerprint density at radius 1 is 1.11 bits per heavy atom. The maximum Gasteiger partial charge on any atom is 0.0883 e. The van der Waals surface area contributed by atoms with E-state index in [1.807, 2.05) is 6.92 Å². The van der Waals surface area contributed by atoms with E-state index in [4.69, 9.17) is 0 Å². The van der Waals surface area contributed by atoms with Gasteiger partial charge in [-0.1, -0.05) is 26.0 Å². The molecule has 0 aliphatic heterocycles. The van der Waals surface area contributed by atoms with Crippen LogP contribution >= 0.6 is 0 Å². The first-order valence-corrected chi connectivity index (χ1v) is 6.78. The minimum Gasteiger partial charge on any atom is -0.385 e. The Kier molecular flexibility index (Phi) is 4.94. The first-order valence-electron chi connectivity index (χ1n) is 6.78. The van der Waals surface area contributed by atoms with Crippen molar-refractivity contribution in [3.8, 4) is 0 Å². The molecule has 1 aromatic rings. The van der Waals surface area contributed by atoms with Gasteiger partial charge in [0.05, 0.1) is 5.60 Å². The predicted octanol–water partition coefficient (Wildman–Crippen LogP) is 3.21. The summed E-state index contributed by atoms with van der Waals surface area (Å²) in [5.74, 6) is 0. The molecule has 0 spiro atoms. The molecule has 0 saturated heterocycles. The molecule has 0 heterocycles. The van der Waals surface area contributed by atoms with Crippen LogP contribution in [0.1, 0.15) is 49.4 Å². The molecule has 0 radical (unpaired) electrons. The molecule has 18 heavy (non-hydrogen) atoms. The second kappa shape index (κ2) is 5.85. The summed E-state index contributed by atoms with van der Waals surface area (Å²) in [5.41, 5.74) is 3.99. The number of nitrogens with one attached hydrogen (secondary N) is 1. The molecule has 0 fully saturated rings. The molecule has 102 valence electrons. The van der Waals surface area contributed by atoms with Crippen LogP contribution in [-0.2, 0) is 5.60 Å². The molecule has 2 nitrogen and oxygen atoms in total. The van der Waals surface area contributed by atoms with E-state index in [2.05, 4.69) is 52.1 Å². The van der Waals surface area contributed by atoms with E-state index < -0.39 is 5.60 Å². The standard InChI is InChI=1S/C16H27NO/c1-11(2)17-8-7-16(6,18)15-10-13(4)12(3)9-14(15)5/h9-11,17-18H,7-8H2,1-6H3. The molecule has 1 aromatic carbocycles. The van der Waals surface area contributed by atoms with Gasteiger partial charge in [0.1, 0.15) is 0 Å². The van der Waals surface area contributed by atoms with Crippen molar-refractivity contribution in [1.82, 2.24) is 5.32 Å². The van der Waals surface area contributed by atoms with Gasteiger partial charge >= 0.3 is 0 Å². The third kappa shape index (κ3) is 3.82. The number of benzene rings is 1. The summed E-state index contributed by atoms with van der Waals surface area (Å²) in [4.78, 5) is 0. The lowest BCUT2D eigenvalue weighted by molar-refractivity contribution is 0.0468. The summed E-state index contributed by atoms with van der Waals surface area (Å²) in [7, 11) is 0. The van der Waals surface area contributed by atoms with Crippen LogP contribution in [-0.4, -0.2) is 17.7 Å². The summed E-state index contributed by atoms with van der Waals surface area (Å²) in [6, 6.07) is 4.75. The van der Waals surface area contributed by atoms with E-state index in [0.29, 0.717) is 6.04 Å². The van der Waals surface area contributed by atoms with Crippen molar-refractivity contribution < 1.29 is 5.11 Å². The highest BCUT2D eigenvalue weighted by atomic mass is 16.3. The third-order valence-corrected chi connectivity index (χ3v) is 3.59. The average molecular weight is 249 g/mol. The fraction of sp³-hybridized carbons (Fsp3) is 0.625. The molecule has 0 aromatic heterocycles. The van der Waals surface area contributed by atoms with Crippen LogP contribution in [0.15, 0.2) is 12.1 Å². The Morgan fingerprint density at radius 2 is 1.67 bits per heavy atom. The van der Waals surface area contributed by atoms with E-state index in [0.717, 1.165) is 18.5 Å². The van der Waals surface area contributed by atoms with Gasteiger partial charge in [-0.05, 0) is 62.9 Å². The average Bonchev–Trinajstić information content (AvgIpc) is 2.22. The number of rotatable bonds is 5. The minimum atomic E-state index is -0.759. The van der Waals surface area contributed by atoms with E-state index in [1.165, 1.54) is 16.7 Å². The zero-order chi connectivity index (χ0) is 13.9. The van der Waals surface area contributed by atoms with Crippen molar-refractivity contribution in [1.29, 1.82) is 0 Å². The van der Waals surface area contributed by atoms with Crippen LogP contribution in [0.2, 0.25) is 0 Å². The molecular weight excluding hydrogens is 222 g/mol. The number of hydrogen-bond donors (Lipinski definition) is 2. The number of aryl methyl sites for hydroxylation is 3. The van der Waals surface area contributed by atoms with Gasteiger partial charge in [-0.25, -0.2) is 0 Å². The Labute approximate surface area is 111 Å². The lowest BCUT2D eigenvalue weighted by Gasteiger charge is -2.27. The van der Waals surface area contributed by atoms with Crippen molar-refractivity contribution in [2.45, 2.75) is 59.6 Å². The molecule has 1 atom stereocenters. The highest BCUT2D eigenvalue weighted by Crippen LogP contribution is 2.29. The van der Waals surface area contributed by atoms with E-state index in [-0.39, 0.29) is 0 Å². The summed E-state index contributed by atoms with van der Waals surface area (Å²) in [6.45, 7) is 13.3. The van der Waals surface area contributed by atoms with Crippen molar-refractivity contribution in [3.05, 3.63) is 34.4 Å². The predicted molar refractivity (Wildman–Crippen MR) is 78.0 cm³/mol.